The maximum absolute atomic E-state index is 11.9. The van der Waals surface area contributed by atoms with Gasteiger partial charge in [0.25, 0.3) is 0 Å². The molecule has 1 N–H and O–H groups in total. The number of hydrogen-bond acceptors (Lipinski definition) is 2. The zero-order valence-electron chi connectivity index (χ0n) is 6.70. The first-order valence-electron chi connectivity index (χ1n) is 3.81. The molecule has 2 rings (SSSR count). The van der Waals surface area contributed by atoms with E-state index in [1.54, 1.807) is 0 Å². The van der Waals surface area contributed by atoms with Crippen LogP contribution in [0.25, 0.3) is 10.8 Å². The summed E-state index contributed by atoms with van der Waals surface area (Å²) < 4.78 is 11.9. The molecule has 0 bridgehead atoms. The number of aromatic hydroxyl groups is 1. The first-order chi connectivity index (χ1) is 6.31. The highest BCUT2D eigenvalue weighted by molar-refractivity contribution is 5.85. The van der Waals surface area contributed by atoms with Crippen molar-refractivity contribution in [3.63, 3.8) is 0 Å². The Hall–Kier alpha value is -1.77. The van der Waals surface area contributed by atoms with E-state index in [1.165, 1.54) is 12.1 Å². The summed E-state index contributed by atoms with van der Waals surface area (Å²) in [5.74, 6) is -0.347. The molecule has 0 aromatic heterocycles. The molecule has 66 valence electrons. The zero-order valence-corrected chi connectivity index (χ0v) is 6.70. The number of phenols is 1. The monoisotopic (exact) mass is 178 g/mol. The molecule has 0 radical (unpaired) electrons. The predicted octanol–water partition coefficient (Wildman–Crippen LogP) is 2.81. The molecule has 0 heterocycles. The van der Waals surface area contributed by atoms with Crippen LogP contribution in [0.15, 0.2) is 36.4 Å². The Morgan fingerprint density at radius 2 is 1.69 bits per heavy atom. The Morgan fingerprint density at radius 3 is 2.31 bits per heavy atom. The van der Waals surface area contributed by atoms with Gasteiger partial charge < -0.3 is 5.11 Å². The number of halogens is 1. The average molecular weight is 178 g/mol. The van der Waals surface area contributed by atoms with Crippen LogP contribution in [0.2, 0.25) is 0 Å². The fourth-order valence-electron chi connectivity index (χ4n) is 1.27. The van der Waals surface area contributed by atoms with Crippen molar-refractivity contribution in [3.8, 4) is 11.5 Å². The van der Waals surface area contributed by atoms with Gasteiger partial charge in [0, 0.05) is 4.53 Å². The molecule has 0 atom stereocenters. The molecule has 2 aromatic rings. The SMILES string of the molecule is Oc1cc2ccccc2cc1OF. The van der Waals surface area contributed by atoms with Crippen LogP contribution in [0.5, 0.6) is 11.5 Å². The number of hydrogen-bond donors (Lipinski definition) is 1. The van der Waals surface area contributed by atoms with Crippen LogP contribution in [0.4, 0.5) is 4.53 Å². The quantitative estimate of drug-likeness (QED) is 0.727. The van der Waals surface area contributed by atoms with Gasteiger partial charge in [0.2, 0.25) is 5.75 Å². The van der Waals surface area contributed by atoms with Crippen LogP contribution >= 0.6 is 0 Å². The minimum absolute atomic E-state index is 0.154. The molecule has 3 heteroatoms. The number of benzene rings is 2. The van der Waals surface area contributed by atoms with Crippen LogP contribution < -0.4 is 4.94 Å². The summed E-state index contributed by atoms with van der Waals surface area (Å²) in [6.07, 6.45) is 0. The maximum Gasteiger partial charge on any atom is 0.214 e. The van der Waals surface area contributed by atoms with Gasteiger partial charge >= 0.3 is 0 Å². The molecule has 0 spiro atoms. The van der Waals surface area contributed by atoms with E-state index in [0.29, 0.717) is 0 Å². The normalized spacial score (nSPS) is 10.2. The van der Waals surface area contributed by atoms with Gasteiger partial charge in [0.15, 0.2) is 5.75 Å². The van der Waals surface area contributed by atoms with Crippen molar-refractivity contribution < 1.29 is 14.6 Å². The number of rotatable bonds is 1. The molecule has 0 amide bonds. The summed E-state index contributed by atoms with van der Waals surface area (Å²) in [5, 5.41) is 10.9. The van der Waals surface area contributed by atoms with Crippen molar-refractivity contribution >= 4 is 10.8 Å². The van der Waals surface area contributed by atoms with Crippen molar-refractivity contribution in [1.82, 2.24) is 0 Å². The van der Waals surface area contributed by atoms with Crippen molar-refractivity contribution in [2.75, 3.05) is 0 Å². The van der Waals surface area contributed by atoms with E-state index in [4.69, 9.17) is 0 Å². The zero-order chi connectivity index (χ0) is 9.26. The molecule has 0 aliphatic rings. The van der Waals surface area contributed by atoms with E-state index >= 15 is 0 Å². The summed E-state index contributed by atoms with van der Waals surface area (Å²) in [6.45, 7) is 0. The summed E-state index contributed by atoms with van der Waals surface area (Å²) in [6, 6.07) is 10.2. The second-order valence-electron chi connectivity index (χ2n) is 2.74. The molecule has 0 unspecified atom stereocenters. The minimum atomic E-state index is -0.193. The fraction of sp³-hybridized carbons (Fsp3) is 0. The summed E-state index contributed by atoms with van der Waals surface area (Å²) >= 11 is 0. The van der Waals surface area contributed by atoms with Crippen LogP contribution in [-0.2, 0) is 0 Å². The second kappa shape index (κ2) is 2.94. The van der Waals surface area contributed by atoms with Crippen LogP contribution in [0.1, 0.15) is 0 Å². The molecule has 0 fully saturated rings. The summed E-state index contributed by atoms with van der Waals surface area (Å²) in [5.41, 5.74) is 0. The van der Waals surface area contributed by atoms with E-state index in [1.807, 2.05) is 24.3 Å². The average Bonchev–Trinajstić information content (AvgIpc) is 2.17. The van der Waals surface area contributed by atoms with Gasteiger partial charge in [-0.25, -0.2) is 0 Å². The molecule has 13 heavy (non-hydrogen) atoms. The smallest absolute Gasteiger partial charge is 0.214 e. The molecule has 0 aliphatic heterocycles. The Morgan fingerprint density at radius 1 is 1.08 bits per heavy atom. The highest BCUT2D eigenvalue weighted by Crippen LogP contribution is 2.31. The van der Waals surface area contributed by atoms with Crippen molar-refractivity contribution in [3.05, 3.63) is 36.4 Å². The molecule has 0 saturated heterocycles. The fourth-order valence-corrected chi connectivity index (χ4v) is 1.27. The van der Waals surface area contributed by atoms with Crippen LogP contribution in [0.3, 0.4) is 0 Å². The second-order valence-corrected chi connectivity index (χ2v) is 2.74. The first-order valence-corrected chi connectivity index (χ1v) is 3.81. The first kappa shape index (κ1) is 7.86. The van der Waals surface area contributed by atoms with E-state index in [-0.39, 0.29) is 11.5 Å². The summed E-state index contributed by atoms with van der Waals surface area (Å²) in [7, 11) is 0. The molecule has 2 nitrogen and oxygen atoms in total. The topological polar surface area (TPSA) is 29.5 Å². The third kappa shape index (κ3) is 1.28. The number of phenolic OH excluding ortho intramolecular Hbond substituents is 1. The maximum atomic E-state index is 11.9. The lowest BCUT2D eigenvalue weighted by molar-refractivity contribution is -0.00874. The van der Waals surface area contributed by atoms with Crippen molar-refractivity contribution in [2.45, 2.75) is 0 Å². The molecule has 0 saturated carbocycles. The largest absolute Gasteiger partial charge is 0.504 e. The van der Waals surface area contributed by atoms with Crippen LogP contribution in [0, 0.1) is 0 Å². The van der Waals surface area contributed by atoms with Gasteiger partial charge in [-0.1, -0.05) is 24.3 Å². The highest BCUT2D eigenvalue weighted by Gasteiger charge is 2.04. The van der Waals surface area contributed by atoms with Gasteiger partial charge in [0.05, 0.1) is 0 Å². The molecule has 2 aromatic carbocycles. The third-order valence-corrected chi connectivity index (χ3v) is 1.91. The van der Waals surface area contributed by atoms with Crippen molar-refractivity contribution in [1.29, 1.82) is 0 Å². The van der Waals surface area contributed by atoms with E-state index in [9.17, 15) is 9.63 Å². The number of fused-ring (bicyclic) bond motifs is 1. The Labute approximate surface area is 74.1 Å². The predicted molar refractivity (Wildman–Crippen MR) is 47.3 cm³/mol. The van der Waals surface area contributed by atoms with Gasteiger partial charge in [0.1, 0.15) is 0 Å². The van der Waals surface area contributed by atoms with E-state index in [0.717, 1.165) is 10.8 Å². The van der Waals surface area contributed by atoms with Crippen molar-refractivity contribution in [2.24, 2.45) is 0 Å². The van der Waals surface area contributed by atoms with E-state index in [2.05, 4.69) is 4.94 Å². The standard InChI is InChI=1S/C10H7FO2/c11-13-10-6-8-4-2-1-3-7(8)5-9(10)12/h1-6,12H. The van der Waals surface area contributed by atoms with Gasteiger partial charge in [-0.05, 0) is 22.9 Å². The Balaban J connectivity index is 2.74. The Bertz CT molecular complexity index is 440. The molecular formula is C10H7FO2. The lowest BCUT2D eigenvalue weighted by Crippen LogP contribution is -1.79. The summed E-state index contributed by atoms with van der Waals surface area (Å²) in [4.78, 5) is 3.50. The van der Waals surface area contributed by atoms with Gasteiger partial charge in [-0.3, -0.25) is 4.94 Å². The highest BCUT2D eigenvalue weighted by atomic mass is 19.3. The lowest BCUT2D eigenvalue weighted by Gasteiger charge is -2.01. The Kier molecular flexibility index (Phi) is 1.77. The lowest BCUT2D eigenvalue weighted by atomic mass is 10.1. The minimum Gasteiger partial charge on any atom is -0.504 e. The van der Waals surface area contributed by atoms with E-state index < -0.39 is 0 Å². The molecule has 0 aliphatic carbocycles. The molecular weight excluding hydrogens is 171 g/mol. The van der Waals surface area contributed by atoms with Gasteiger partial charge in [-0.2, -0.15) is 0 Å². The third-order valence-electron chi connectivity index (χ3n) is 1.91. The van der Waals surface area contributed by atoms with Crippen LogP contribution in [-0.4, -0.2) is 5.11 Å². The van der Waals surface area contributed by atoms with Gasteiger partial charge in [-0.15, -0.1) is 0 Å².